The summed E-state index contributed by atoms with van der Waals surface area (Å²) in [5.74, 6) is 0.380. The Labute approximate surface area is 167 Å². The number of ether oxygens (including phenoxy) is 1. The molecule has 0 aliphatic heterocycles. The van der Waals surface area contributed by atoms with Gasteiger partial charge < -0.3 is 10.1 Å². The molecule has 0 spiro atoms. The number of nitrogens with one attached hydrogen (secondary N) is 1. The molecule has 0 aromatic heterocycles. The van der Waals surface area contributed by atoms with Gasteiger partial charge in [-0.2, -0.15) is 0 Å². The van der Waals surface area contributed by atoms with Gasteiger partial charge in [0, 0.05) is 0 Å². The van der Waals surface area contributed by atoms with Crippen molar-refractivity contribution in [3.05, 3.63) is 59.2 Å². The van der Waals surface area contributed by atoms with Crippen molar-refractivity contribution in [2.45, 2.75) is 33.7 Å². The molecule has 0 radical (unpaired) electrons. The van der Waals surface area contributed by atoms with E-state index in [0.717, 1.165) is 33.0 Å². The number of carbonyl (C=O) groups is 1. The summed E-state index contributed by atoms with van der Waals surface area (Å²) in [6.07, 6.45) is 1.11. The maximum absolute atomic E-state index is 12.5. The number of nitrogens with zero attached hydrogens (tertiary/aromatic N) is 1. The van der Waals surface area contributed by atoms with E-state index in [2.05, 4.69) is 5.32 Å². The lowest BCUT2D eigenvalue weighted by molar-refractivity contribution is -0.120. The summed E-state index contributed by atoms with van der Waals surface area (Å²) >= 11 is 0. The normalized spacial score (nSPS) is 12.3. The highest BCUT2D eigenvalue weighted by Crippen LogP contribution is 2.26. The van der Waals surface area contributed by atoms with Crippen LogP contribution in [0.25, 0.3) is 0 Å². The lowest BCUT2D eigenvalue weighted by Crippen LogP contribution is -2.45. The maximum atomic E-state index is 12.5. The third kappa shape index (κ3) is 5.73. The maximum Gasteiger partial charge on any atom is 0.241 e. The van der Waals surface area contributed by atoms with Crippen LogP contribution >= 0.6 is 0 Å². The van der Waals surface area contributed by atoms with Crippen LogP contribution < -0.4 is 14.4 Å². The smallest absolute Gasteiger partial charge is 0.241 e. The van der Waals surface area contributed by atoms with Gasteiger partial charge in [-0.15, -0.1) is 0 Å². The van der Waals surface area contributed by atoms with Crippen molar-refractivity contribution in [2.24, 2.45) is 0 Å². The van der Waals surface area contributed by atoms with Crippen molar-refractivity contribution in [3.63, 3.8) is 0 Å². The second-order valence-electron chi connectivity index (χ2n) is 7.06. The SMILES string of the molecule is Cc1ccccc1OC[C@H](C)NC(=O)CN(c1c(C)cccc1C)S(C)(=O)=O. The summed E-state index contributed by atoms with van der Waals surface area (Å²) in [6.45, 7) is 7.44. The number of hydrogen-bond donors (Lipinski definition) is 1. The average Bonchev–Trinajstić information content (AvgIpc) is 2.59. The predicted molar refractivity (Wildman–Crippen MR) is 112 cm³/mol. The topological polar surface area (TPSA) is 75.7 Å². The van der Waals surface area contributed by atoms with Crippen molar-refractivity contribution < 1.29 is 17.9 Å². The molecule has 0 heterocycles. The molecule has 0 unspecified atom stereocenters. The number of aryl methyl sites for hydroxylation is 3. The summed E-state index contributed by atoms with van der Waals surface area (Å²) in [5.41, 5.74) is 3.16. The van der Waals surface area contributed by atoms with Crippen molar-refractivity contribution in [1.29, 1.82) is 0 Å². The minimum atomic E-state index is -3.61. The summed E-state index contributed by atoms with van der Waals surface area (Å²) in [5, 5.41) is 2.81. The lowest BCUT2D eigenvalue weighted by atomic mass is 10.1. The van der Waals surface area contributed by atoms with Gasteiger partial charge in [0.2, 0.25) is 15.9 Å². The van der Waals surface area contributed by atoms with E-state index in [-0.39, 0.29) is 18.5 Å². The molecular weight excluding hydrogens is 376 g/mol. The Morgan fingerprint density at radius 1 is 1.04 bits per heavy atom. The Balaban J connectivity index is 2.05. The quantitative estimate of drug-likeness (QED) is 0.734. The average molecular weight is 405 g/mol. The Kier molecular flexibility index (Phi) is 7.07. The second kappa shape index (κ2) is 9.10. The van der Waals surface area contributed by atoms with Crippen LogP contribution in [-0.4, -0.2) is 39.8 Å². The van der Waals surface area contributed by atoms with E-state index in [4.69, 9.17) is 4.74 Å². The van der Waals surface area contributed by atoms with Crippen LogP contribution in [-0.2, 0) is 14.8 Å². The van der Waals surface area contributed by atoms with Gasteiger partial charge in [0.25, 0.3) is 0 Å². The second-order valence-corrected chi connectivity index (χ2v) is 8.96. The van der Waals surface area contributed by atoms with Crippen LogP contribution in [0.15, 0.2) is 42.5 Å². The van der Waals surface area contributed by atoms with Crippen molar-refractivity contribution in [3.8, 4) is 5.75 Å². The van der Waals surface area contributed by atoms with Crippen LogP contribution in [0.2, 0.25) is 0 Å². The number of anilines is 1. The van der Waals surface area contributed by atoms with E-state index in [1.165, 1.54) is 0 Å². The first kappa shape index (κ1) is 21.8. The van der Waals surface area contributed by atoms with Crippen LogP contribution in [0, 0.1) is 20.8 Å². The van der Waals surface area contributed by atoms with Gasteiger partial charge in [-0.3, -0.25) is 9.10 Å². The largest absolute Gasteiger partial charge is 0.491 e. The van der Waals surface area contributed by atoms with Crippen LogP contribution in [0.5, 0.6) is 5.75 Å². The zero-order valence-electron chi connectivity index (χ0n) is 17.0. The molecule has 0 saturated heterocycles. The van der Waals surface area contributed by atoms with Crippen LogP contribution in [0.1, 0.15) is 23.6 Å². The van der Waals surface area contributed by atoms with E-state index in [9.17, 15) is 13.2 Å². The fraction of sp³-hybridized carbons (Fsp3) is 0.381. The monoisotopic (exact) mass is 404 g/mol. The molecule has 28 heavy (non-hydrogen) atoms. The zero-order chi connectivity index (χ0) is 20.9. The van der Waals surface area contributed by atoms with Crippen molar-refractivity contribution in [2.75, 3.05) is 23.7 Å². The van der Waals surface area contributed by atoms with Gasteiger partial charge in [0.15, 0.2) is 0 Å². The molecule has 0 saturated carbocycles. The van der Waals surface area contributed by atoms with Gasteiger partial charge in [0.05, 0.1) is 18.0 Å². The first-order chi connectivity index (χ1) is 13.1. The highest BCUT2D eigenvalue weighted by molar-refractivity contribution is 7.92. The number of hydrogen-bond acceptors (Lipinski definition) is 4. The van der Waals surface area contributed by atoms with E-state index in [0.29, 0.717) is 12.3 Å². The molecule has 6 nitrogen and oxygen atoms in total. The molecule has 0 aliphatic rings. The molecule has 1 N–H and O–H groups in total. The molecule has 1 amide bonds. The zero-order valence-corrected chi connectivity index (χ0v) is 17.8. The third-order valence-corrected chi connectivity index (χ3v) is 5.48. The van der Waals surface area contributed by atoms with E-state index >= 15 is 0 Å². The van der Waals surface area contributed by atoms with Crippen molar-refractivity contribution >= 4 is 21.6 Å². The number of rotatable bonds is 8. The fourth-order valence-electron chi connectivity index (χ4n) is 2.99. The Bertz CT molecular complexity index is 921. The first-order valence-corrected chi connectivity index (χ1v) is 11.0. The van der Waals surface area contributed by atoms with Gasteiger partial charge in [0.1, 0.15) is 18.9 Å². The fourth-order valence-corrected chi connectivity index (χ4v) is 3.96. The van der Waals surface area contributed by atoms with E-state index in [1.807, 2.05) is 70.2 Å². The number of benzene rings is 2. The minimum Gasteiger partial charge on any atom is -0.491 e. The molecule has 7 heteroatoms. The lowest BCUT2D eigenvalue weighted by Gasteiger charge is -2.26. The van der Waals surface area contributed by atoms with Gasteiger partial charge >= 0.3 is 0 Å². The van der Waals surface area contributed by atoms with Gasteiger partial charge in [-0.25, -0.2) is 8.42 Å². The molecular formula is C21H28N2O4S. The summed E-state index contributed by atoms with van der Waals surface area (Å²) in [6, 6.07) is 12.9. The van der Waals surface area contributed by atoms with E-state index < -0.39 is 10.0 Å². The molecule has 2 aromatic carbocycles. The number of para-hydroxylation sites is 2. The highest BCUT2D eigenvalue weighted by atomic mass is 32.2. The molecule has 2 rings (SSSR count). The number of carbonyl (C=O) groups excluding carboxylic acids is 1. The molecule has 1 atom stereocenters. The molecule has 0 bridgehead atoms. The summed E-state index contributed by atoms with van der Waals surface area (Å²) < 4.78 is 31.6. The Morgan fingerprint density at radius 2 is 1.61 bits per heavy atom. The minimum absolute atomic E-state index is 0.272. The number of sulfonamides is 1. The Morgan fingerprint density at radius 3 is 2.18 bits per heavy atom. The number of amides is 1. The molecule has 0 aliphatic carbocycles. The third-order valence-electron chi connectivity index (χ3n) is 4.37. The Hall–Kier alpha value is -2.54. The van der Waals surface area contributed by atoms with E-state index in [1.54, 1.807) is 0 Å². The molecule has 152 valence electrons. The van der Waals surface area contributed by atoms with Gasteiger partial charge in [-0.05, 0) is 50.5 Å². The van der Waals surface area contributed by atoms with Crippen molar-refractivity contribution in [1.82, 2.24) is 5.32 Å². The first-order valence-electron chi connectivity index (χ1n) is 9.11. The predicted octanol–water partition coefficient (Wildman–Crippen LogP) is 2.96. The molecule has 0 fully saturated rings. The highest BCUT2D eigenvalue weighted by Gasteiger charge is 2.24. The van der Waals surface area contributed by atoms with Gasteiger partial charge in [-0.1, -0.05) is 36.4 Å². The standard InChI is InChI=1S/C21H28N2O4S/c1-15-9-6-7-12-19(15)27-14-18(4)22-20(24)13-23(28(5,25)26)21-16(2)10-8-11-17(21)3/h6-12,18H,13-14H2,1-5H3,(H,22,24)/t18-/m0/s1. The van der Waals surface area contributed by atoms with Crippen LogP contribution in [0.3, 0.4) is 0 Å². The summed E-state index contributed by atoms with van der Waals surface area (Å²) in [4.78, 5) is 12.5. The molecule has 2 aromatic rings. The van der Waals surface area contributed by atoms with Crippen LogP contribution in [0.4, 0.5) is 5.69 Å². The summed E-state index contributed by atoms with van der Waals surface area (Å²) in [7, 11) is -3.61.